The van der Waals surface area contributed by atoms with Crippen molar-refractivity contribution in [2.45, 2.75) is 82.8 Å². The molecular weight excluding hydrogens is 657 g/mol. The van der Waals surface area contributed by atoms with Crippen molar-refractivity contribution in [1.29, 1.82) is 5.26 Å². The molecule has 3 N–H and O–H groups in total. The molecule has 258 valence electrons. The zero-order valence-electron chi connectivity index (χ0n) is 27.4. The molecule has 0 amide bonds. The van der Waals surface area contributed by atoms with E-state index in [1.165, 1.54) is 0 Å². The number of pyridine rings is 1. The summed E-state index contributed by atoms with van der Waals surface area (Å²) in [6.07, 6.45) is 1.17. The van der Waals surface area contributed by atoms with Gasteiger partial charge >= 0.3 is 6.01 Å². The quantitative estimate of drug-likeness (QED) is 0.283. The van der Waals surface area contributed by atoms with Crippen molar-refractivity contribution in [3.05, 3.63) is 34.5 Å². The highest BCUT2D eigenvalue weighted by molar-refractivity contribution is 7.23. The predicted molar refractivity (Wildman–Crippen MR) is 179 cm³/mol. The van der Waals surface area contributed by atoms with Gasteiger partial charge in [-0.25, -0.2) is 13.2 Å². The third-order valence-electron chi connectivity index (χ3n) is 10.5. The van der Waals surface area contributed by atoms with E-state index in [0.29, 0.717) is 54.9 Å². The number of aliphatic hydroxyl groups is 1. The minimum Gasteiger partial charge on any atom is -0.459 e. The second-order valence-corrected chi connectivity index (χ2v) is 14.9. The normalized spacial score (nSPS) is 25.3. The van der Waals surface area contributed by atoms with Crippen LogP contribution in [-0.4, -0.2) is 99.6 Å². The summed E-state index contributed by atoms with van der Waals surface area (Å²) in [5, 5.41) is 20.9. The molecule has 1 aromatic carbocycles. The van der Waals surface area contributed by atoms with Gasteiger partial charge in [0.25, 0.3) is 0 Å². The van der Waals surface area contributed by atoms with Crippen LogP contribution in [-0.2, 0) is 18.0 Å². The SMILES string of the molecule is CC(Oc1nc(N2C3CCC2CN(C[C@@H](C)O)C3)c2c3c(c(-c4ncc(F)c5sc(N)c(C#N)c45)c(F)c2n1)COC3)[C@@H]1C[C@@H](F)CN1C. The topological polar surface area (TPSA) is 137 Å². The number of rotatable bonds is 7. The number of nitrogens with two attached hydrogens (primary N) is 1. The molecule has 0 radical (unpaired) electrons. The van der Waals surface area contributed by atoms with E-state index >= 15 is 8.78 Å². The smallest absolute Gasteiger partial charge is 0.319 e. The minimum atomic E-state index is -0.977. The van der Waals surface area contributed by atoms with Gasteiger partial charge in [-0.2, -0.15) is 15.2 Å². The van der Waals surface area contributed by atoms with Crippen LogP contribution in [0.1, 0.15) is 49.8 Å². The summed E-state index contributed by atoms with van der Waals surface area (Å²) >= 11 is 0.919. The molecule has 0 aliphatic carbocycles. The average molecular weight is 695 g/mol. The number of nitrogen functional groups attached to an aromatic ring is 1. The number of β-amino-alcohol motifs (C(OH)–C–C–N with tert-alkyl or cyclic N) is 1. The van der Waals surface area contributed by atoms with Crippen molar-refractivity contribution in [2.24, 2.45) is 0 Å². The zero-order valence-corrected chi connectivity index (χ0v) is 28.2. The molecule has 11 nitrogen and oxygen atoms in total. The van der Waals surface area contributed by atoms with Gasteiger partial charge in [0.1, 0.15) is 34.7 Å². The molecule has 4 aliphatic heterocycles. The van der Waals surface area contributed by atoms with Crippen molar-refractivity contribution >= 4 is 43.1 Å². The summed E-state index contributed by atoms with van der Waals surface area (Å²) in [5.74, 6) is -0.823. The van der Waals surface area contributed by atoms with Crippen LogP contribution in [0.15, 0.2) is 6.20 Å². The molecule has 7 heterocycles. The summed E-state index contributed by atoms with van der Waals surface area (Å²) in [6.45, 7) is 6.11. The van der Waals surface area contributed by atoms with Crippen molar-refractivity contribution < 1.29 is 27.8 Å². The Hall–Kier alpha value is -3.81. The molecule has 15 heteroatoms. The lowest BCUT2D eigenvalue weighted by Gasteiger charge is -2.42. The Bertz CT molecular complexity index is 2010. The highest BCUT2D eigenvalue weighted by Crippen LogP contribution is 2.48. The number of fused-ring (bicyclic) bond motifs is 6. The van der Waals surface area contributed by atoms with Crippen LogP contribution in [0.25, 0.3) is 32.2 Å². The highest BCUT2D eigenvalue weighted by Gasteiger charge is 2.43. The lowest BCUT2D eigenvalue weighted by atomic mass is 9.93. The Morgan fingerprint density at radius 3 is 2.55 bits per heavy atom. The summed E-state index contributed by atoms with van der Waals surface area (Å²) in [4.78, 5) is 20.4. The summed E-state index contributed by atoms with van der Waals surface area (Å²) in [5.41, 5.74) is 7.56. The molecule has 3 unspecified atom stereocenters. The van der Waals surface area contributed by atoms with Crippen LogP contribution in [0, 0.1) is 23.0 Å². The maximum atomic E-state index is 17.4. The van der Waals surface area contributed by atoms with Gasteiger partial charge in [-0.1, -0.05) is 0 Å². The molecule has 49 heavy (non-hydrogen) atoms. The monoisotopic (exact) mass is 694 g/mol. The summed E-state index contributed by atoms with van der Waals surface area (Å²) < 4.78 is 59.2. The third kappa shape index (κ3) is 5.27. The third-order valence-corrected chi connectivity index (χ3v) is 11.5. The number of aliphatic hydroxyl groups excluding tert-OH is 1. The summed E-state index contributed by atoms with van der Waals surface area (Å²) in [7, 11) is 1.85. The number of hydrogen-bond acceptors (Lipinski definition) is 12. The van der Waals surface area contributed by atoms with Crippen molar-refractivity contribution in [3.8, 4) is 23.3 Å². The average Bonchev–Trinajstić information content (AvgIpc) is 3.81. The Morgan fingerprint density at radius 2 is 1.88 bits per heavy atom. The van der Waals surface area contributed by atoms with Crippen LogP contribution in [0.2, 0.25) is 0 Å². The minimum absolute atomic E-state index is 0.00129. The number of piperazine rings is 1. The van der Waals surface area contributed by atoms with Crippen LogP contribution < -0.4 is 15.4 Å². The Kier molecular flexibility index (Phi) is 8.07. The number of hydrogen-bond donors (Lipinski definition) is 2. The van der Waals surface area contributed by atoms with Crippen LogP contribution in [0.3, 0.4) is 0 Å². The molecule has 2 bridgehead atoms. The number of likely N-dealkylation sites (N-methyl/N-ethyl adjacent to an activating group) is 1. The van der Waals surface area contributed by atoms with Gasteiger partial charge < -0.3 is 25.2 Å². The summed E-state index contributed by atoms with van der Waals surface area (Å²) in [6, 6.07) is 1.90. The molecule has 6 atom stereocenters. The Labute approximate surface area is 285 Å². The van der Waals surface area contributed by atoms with Gasteiger partial charge in [0, 0.05) is 55.3 Å². The first kappa shape index (κ1) is 32.4. The highest BCUT2D eigenvalue weighted by atomic mass is 32.1. The van der Waals surface area contributed by atoms with Crippen LogP contribution >= 0.6 is 11.3 Å². The number of nitriles is 1. The molecular formula is C34H37F3N8O3S. The molecule has 0 saturated carbocycles. The first-order valence-corrected chi connectivity index (χ1v) is 17.4. The molecule has 3 fully saturated rings. The first-order valence-electron chi connectivity index (χ1n) is 16.6. The van der Waals surface area contributed by atoms with E-state index in [4.69, 9.17) is 20.2 Å². The van der Waals surface area contributed by atoms with Crippen molar-refractivity contribution in [2.75, 3.05) is 43.9 Å². The second kappa shape index (κ2) is 12.2. The van der Waals surface area contributed by atoms with Crippen LogP contribution in [0.5, 0.6) is 6.01 Å². The van der Waals surface area contributed by atoms with Crippen LogP contribution in [0.4, 0.5) is 24.0 Å². The molecule has 0 spiro atoms. The Morgan fingerprint density at radius 1 is 1.14 bits per heavy atom. The fourth-order valence-electron chi connectivity index (χ4n) is 8.48. The van der Waals surface area contributed by atoms with E-state index in [-0.39, 0.29) is 74.8 Å². The maximum Gasteiger partial charge on any atom is 0.319 e. The van der Waals surface area contributed by atoms with E-state index in [9.17, 15) is 14.8 Å². The van der Waals surface area contributed by atoms with E-state index in [1.807, 2.05) is 18.9 Å². The number of alkyl halides is 1. The molecule has 8 rings (SSSR count). The van der Waals surface area contributed by atoms with Crippen molar-refractivity contribution in [1.82, 2.24) is 24.8 Å². The van der Waals surface area contributed by atoms with Gasteiger partial charge in [-0.05, 0) is 51.3 Å². The van der Waals surface area contributed by atoms with Gasteiger partial charge in [-0.3, -0.25) is 14.8 Å². The second-order valence-electron chi connectivity index (χ2n) is 13.8. The van der Waals surface area contributed by atoms with Gasteiger partial charge in [0.15, 0.2) is 11.6 Å². The lowest BCUT2D eigenvalue weighted by Crippen LogP contribution is -2.55. The molecule has 3 saturated heterocycles. The van der Waals surface area contributed by atoms with Crippen molar-refractivity contribution in [3.63, 3.8) is 0 Å². The van der Waals surface area contributed by atoms with E-state index in [2.05, 4.69) is 25.8 Å². The maximum absolute atomic E-state index is 17.4. The number of nitrogens with zero attached hydrogens (tertiary/aromatic N) is 7. The van der Waals surface area contributed by atoms with Gasteiger partial charge in [0.05, 0.1) is 46.9 Å². The number of anilines is 2. The molecule has 3 aromatic heterocycles. The number of likely N-dealkylation sites (tertiary alicyclic amines) is 2. The van der Waals surface area contributed by atoms with E-state index < -0.39 is 30.0 Å². The van der Waals surface area contributed by atoms with E-state index in [0.717, 1.165) is 30.4 Å². The van der Waals surface area contributed by atoms with Gasteiger partial charge in [-0.15, -0.1) is 11.3 Å². The molecule has 4 aromatic rings. The standard InChI is InChI=1S/C34H37F3N8O3S/c1-15(46)9-44-11-18-4-5-19(12-44)45(18)33-27-22-14-47-13-21(22)25(29-26-20(7-38)32(39)49-31(26)23(36)8-40-29)28(37)30(27)41-34(42-33)48-16(2)24-6-17(35)10-43(24)3/h8,15-19,24,46H,4-6,9-14,39H2,1-3H3/t15-,16?,17-,18?,19?,24+/m1/s1. The molecule has 4 aliphatic rings. The fourth-order valence-corrected chi connectivity index (χ4v) is 9.40. The number of aromatic nitrogens is 3. The predicted octanol–water partition coefficient (Wildman–Crippen LogP) is 4.51. The fraction of sp³-hybridized carbons (Fsp3) is 0.529. The van der Waals surface area contributed by atoms with E-state index in [1.54, 1.807) is 6.92 Å². The zero-order chi connectivity index (χ0) is 34.3. The number of benzene rings is 1. The Balaban J connectivity index is 1.34. The largest absolute Gasteiger partial charge is 0.459 e. The number of thiophene rings is 1. The lowest BCUT2D eigenvalue weighted by molar-refractivity contribution is 0.109. The van der Waals surface area contributed by atoms with Gasteiger partial charge in [0.2, 0.25) is 0 Å². The number of ether oxygens (including phenoxy) is 2. The first-order chi connectivity index (χ1) is 23.5. The number of halogens is 3.